The lowest BCUT2D eigenvalue weighted by Gasteiger charge is -2.24. The minimum atomic E-state index is -0.966. The summed E-state index contributed by atoms with van der Waals surface area (Å²) in [5, 5.41) is 13.6. The smallest absolute Gasteiger partial charge is 0.325 e. The molecule has 1 atom stereocenters. The van der Waals surface area contributed by atoms with E-state index in [1.807, 2.05) is 13.1 Å². The van der Waals surface area contributed by atoms with Crippen LogP contribution in [0.4, 0.5) is 4.39 Å². The van der Waals surface area contributed by atoms with Gasteiger partial charge in [-0.2, -0.15) is 5.10 Å². The van der Waals surface area contributed by atoms with Gasteiger partial charge in [-0.3, -0.25) is 14.4 Å². The quantitative estimate of drug-likeness (QED) is 0.887. The lowest BCUT2D eigenvalue weighted by atomic mass is 10.1. The van der Waals surface area contributed by atoms with Crippen molar-refractivity contribution < 1.29 is 14.3 Å². The molecule has 5 nitrogen and oxygen atoms in total. The van der Waals surface area contributed by atoms with Gasteiger partial charge in [-0.25, -0.2) is 4.39 Å². The molecular formula is C15H18FN3O2. The molecule has 6 heteroatoms. The van der Waals surface area contributed by atoms with Crippen molar-refractivity contribution in [1.82, 2.24) is 14.7 Å². The molecule has 1 heterocycles. The Balaban J connectivity index is 2.17. The molecule has 1 N–H and O–H groups in total. The average Bonchev–Trinajstić information content (AvgIpc) is 2.88. The maximum absolute atomic E-state index is 13.0. The predicted molar refractivity (Wildman–Crippen MR) is 76.1 cm³/mol. The molecular weight excluding hydrogens is 273 g/mol. The average molecular weight is 291 g/mol. The van der Waals surface area contributed by atoms with Crippen LogP contribution in [0.2, 0.25) is 0 Å². The zero-order valence-electron chi connectivity index (χ0n) is 12.0. The van der Waals surface area contributed by atoms with E-state index in [4.69, 9.17) is 0 Å². The Labute approximate surface area is 122 Å². The second-order valence-electron chi connectivity index (χ2n) is 4.91. The molecule has 1 aromatic heterocycles. The van der Waals surface area contributed by atoms with Gasteiger partial charge < -0.3 is 5.11 Å². The fourth-order valence-electron chi connectivity index (χ4n) is 2.27. The number of hydrogen-bond donors (Lipinski definition) is 1. The molecule has 0 aliphatic rings. The summed E-state index contributed by atoms with van der Waals surface area (Å²) >= 11 is 0. The van der Waals surface area contributed by atoms with E-state index in [1.165, 1.54) is 24.3 Å². The van der Waals surface area contributed by atoms with Crippen molar-refractivity contribution in [1.29, 1.82) is 0 Å². The molecule has 0 amide bonds. The third-order valence-corrected chi connectivity index (χ3v) is 3.30. The van der Waals surface area contributed by atoms with Gasteiger partial charge >= 0.3 is 5.97 Å². The number of benzene rings is 1. The number of hydrogen-bond acceptors (Lipinski definition) is 3. The van der Waals surface area contributed by atoms with E-state index in [0.717, 1.165) is 12.1 Å². The van der Waals surface area contributed by atoms with Crippen LogP contribution in [0.3, 0.4) is 0 Å². The van der Waals surface area contributed by atoms with Gasteiger partial charge in [0, 0.05) is 24.8 Å². The lowest BCUT2D eigenvalue weighted by Crippen LogP contribution is -2.30. The largest absolute Gasteiger partial charge is 0.480 e. The zero-order valence-corrected chi connectivity index (χ0v) is 12.0. The molecule has 0 fully saturated rings. The Morgan fingerprint density at radius 3 is 2.62 bits per heavy atom. The van der Waals surface area contributed by atoms with Crippen LogP contribution < -0.4 is 0 Å². The molecule has 0 saturated heterocycles. The third kappa shape index (κ3) is 3.66. The number of aromatic nitrogens is 2. The summed E-state index contributed by atoms with van der Waals surface area (Å²) in [7, 11) is 1.73. The Bertz CT molecular complexity index is 610. The highest BCUT2D eigenvalue weighted by Gasteiger charge is 2.25. The van der Waals surface area contributed by atoms with Crippen molar-refractivity contribution in [3.05, 3.63) is 53.6 Å². The fraction of sp³-hybridized carbons (Fsp3) is 0.333. The van der Waals surface area contributed by atoms with E-state index in [-0.39, 0.29) is 5.82 Å². The van der Waals surface area contributed by atoms with Crippen molar-refractivity contribution in [2.75, 3.05) is 7.05 Å². The van der Waals surface area contributed by atoms with Gasteiger partial charge in [-0.05, 0) is 31.7 Å². The second kappa shape index (κ2) is 6.49. The molecule has 0 saturated carbocycles. The molecule has 2 rings (SSSR count). The first-order valence-corrected chi connectivity index (χ1v) is 6.71. The maximum atomic E-state index is 13.0. The zero-order chi connectivity index (χ0) is 15.4. The maximum Gasteiger partial charge on any atom is 0.325 e. The highest BCUT2D eigenvalue weighted by Crippen LogP contribution is 2.22. The number of likely N-dealkylation sites (N-methyl/N-ethyl adjacent to an activating group) is 1. The van der Waals surface area contributed by atoms with Crippen LogP contribution in [0.1, 0.15) is 24.1 Å². The van der Waals surface area contributed by atoms with E-state index >= 15 is 0 Å². The van der Waals surface area contributed by atoms with Crippen LogP contribution in [0.15, 0.2) is 36.7 Å². The predicted octanol–water partition coefficient (Wildman–Crippen LogP) is 2.30. The first kappa shape index (κ1) is 15.2. The van der Waals surface area contributed by atoms with E-state index in [9.17, 15) is 14.3 Å². The van der Waals surface area contributed by atoms with E-state index in [2.05, 4.69) is 5.10 Å². The first-order valence-electron chi connectivity index (χ1n) is 6.71. The van der Waals surface area contributed by atoms with Gasteiger partial charge in [0.15, 0.2) is 0 Å². The molecule has 0 aliphatic heterocycles. The Kier molecular flexibility index (Phi) is 4.70. The number of carboxylic acids is 1. The highest BCUT2D eigenvalue weighted by atomic mass is 19.1. The van der Waals surface area contributed by atoms with Crippen molar-refractivity contribution in [2.24, 2.45) is 0 Å². The number of halogens is 1. The van der Waals surface area contributed by atoms with Gasteiger partial charge in [-0.15, -0.1) is 0 Å². The van der Waals surface area contributed by atoms with E-state index in [0.29, 0.717) is 12.1 Å². The lowest BCUT2D eigenvalue weighted by molar-refractivity contribution is -0.143. The third-order valence-electron chi connectivity index (χ3n) is 3.30. The van der Waals surface area contributed by atoms with Gasteiger partial charge in [-0.1, -0.05) is 12.1 Å². The van der Waals surface area contributed by atoms with Gasteiger partial charge in [0.1, 0.15) is 11.9 Å². The van der Waals surface area contributed by atoms with E-state index < -0.39 is 12.0 Å². The second-order valence-corrected chi connectivity index (χ2v) is 4.91. The number of rotatable bonds is 6. The number of aryl methyl sites for hydroxylation is 1. The monoisotopic (exact) mass is 291 g/mol. The summed E-state index contributed by atoms with van der Waals surface area (Å²) in [5.74, 6) is -1.35. The molecule has 0 aliphatic carbocycles. The number of nitrogens with zero attached hydrogens (tertiary/aromatic N) is 3. The molecule has 112 valence electrons. The SMILES string of the molecule is CCn1cc(CN(C)C(C(=O)O)c2ccc(F)cc2)cn1. The minimum Gasteiger partial charge on any atom is -0.480 e. The van der Waals surface area contributed by atoms with Crippen molar-refractivity contribution >= 4 is 5.97 Å². The number of carbonyl (C=O) groups is 1. The van der Waals surface area contributed by atoms with Crippen LogP contribution in [0.5, 0.6) is 0 Å². The molecule has 1 aromatic carbocycles. The van der Waals surface area contributed by atoms with Crippen molar-refractivity contribution in [3.8, 4) is 0 Å². The number of carboxylic acid groups (broad SMARTS) is 1. The molecule has 0 bridgehead atoms. The molecule has 21 heavy (non-hydrogen) atoms. The van der Waals surface area contributed by atoms with Crippen LogP contribution in [0.25, 0.3) is 0 Å². The van der Waals surface area contributed by atoms with Crippen LogP contribution >= 0.6 is 0 Å². The fourth-order valence-corrected chi connectivity index (χ4v) is 2.27. The van der Waals surface area contributed by atoms with Gasteiger partial charge in [0.05, 0.1) is 6.20 Å². The van der Waals surface area contributed by atoms with Crippen LogP contribution in [-0.4, -0.2) is 32.8 Å². The molecule has 2 aromatic rings. The Morgan fingerprint density at radius 2 is 2.10 bits per heavy atom. The minimum absolute atomic E-state index is 0.380. The molecule has 1 unspecified atom stereocenters. The Hall–Kier alpha value is -2.21. The highest BCUT2D eigenvalue weighted by molar-refractivity contribution is 5.75. The first-order chi connectivity index (χ1) is 10.0. The topological polar surface area (TPSA) is 58.4 Å². The van der Waals surface area contributed by atoms with E-state index in [1.54, 1.807) is 22.8 Å². The number of aliphatic carboxylic acids is 1. The summed E-state index contributed by atoms with van der Waals surface area (Å²) < 4.78 is 14.8. The standard InChI is InChI=1S/C15H18FN3O2/c1-3-19-10-11(8-17-19)9-18(2)14(15(20)21)12-4-6-13(16)7-5-12/h4-8,10,14H,3,9H2,1-2H3,(H,20,21). The summed E-state index contributed by atoms with van der Waals surface area (Å²) in [6.07, 6.45) is 3.61. The summed E-state index contributed by atoms with van der Waals surface area (Å²) in [4.78, 5) is 13.2. The van der Waals surface area contributed by atoms with Crippen LogP contribution in [0, 0.1) is 5.82 Å². The molecule has 0 spiro atoms. The van der Waals surface area contributed by atoms with Crippen LogP contribution in [-0.2, 0) is 17.9 Å². The normalized spacial score (nSPS) is 12.6. The van der Waals surface area contributed by atoms with Crippen molar-refractivity contribution in [3.63, 3.8) is 0 Å². The van der Waals surface area contributed by atoms with Gasteiger partial charge in [0.25, 0.3) is 0 Å². The summed E-state index contributed by atoms with van der Waals surface area (Å²) in [6.45, 7) is 3.21. The molecule has 0 radical (unpaired) electrons. The van der Waals surface area contributed by atoms with Crippen molar-refractivity contribution in [2.45, 2.75) is 26.1 Å². The summed E-state index contributed by atoms with van der Waals surface area (Å²) in [5.41, 5.74) is 1.49. The Morgan fingerprint density at radius 1 is 1.43 bits per heavy atom. The summed E-state index contributed by atoms with van der Waals surface area (Å²) in [6, 6.07) is 4.72. The van der Waals surface area contributed by atoms with Gasteiger partial charge in [0.2, 0.25) is 0 Å².